The van der Waals surface area contributed by atoms with Crippen molar-refractivity contribution in [3.8, 4) is 5.82 Å². The maximum Gasteiger partial charge on any atom is 0.164 e. The van der Waals surface area contributed by atoms with Crippen molar-refractivity contribution in [3.63, 3.8) is 0 Å². The van der Waals surface area contributed by atoms with Crippen LogP contribution in [0.1, 0.15) is 5.69 Å². The van der Waals surface area contributed by atoms with E-state index in [1.165, 1.54) is 0 Å². The van der Waals surface area contributed by atoms with Gasteiger partial charge in [0.25, 0.3) is 0 Å². The molecule has 0 bridgehead atoms. The molecule has 0 N–H and O–H groups in total. The lowest BCUT2D eigenvalue weighted by atomic mass is 10.2. The third kappa shape index (κ3) is 3.00. The van der Waals surface area contributed by atoms with E-state index < -0.39 is 0 Å². The van der Waals surface area contributed by atoms with Gasteiger partial charge in [-0.15, -0.1) is 0 Å². The number of aryl methyl sites for hydroxylation is 1. The first kappa shape index (κ1) is 16.5. The van der Waals surface area contributed by atoms with E-state index in [0.717, 1.165) is 60.4 Å². The molecule has 0 aromatic carbocycles. The van der Waals surface area contributed by atoms with E-state index in [0.29, 0.717) is 0 Å². The molecule has 5 heterocycles. The van der Waals surface area contributed by atoms with Crippen LogP contribution < -0.4 is 9.80 Å². The zero-order valence-corrected chi connectivity index (χ0v) is 15.5. The number of rotatable bonds is 3. The third-order valence-corrected chi connectivity index (χ3v) is 4.89. The SMILES string of the molecule is Cc1ccn(-c2cc(N3CCN(c4ncnc5ncccc45)CC3)ncn2)n1. The molecule has 0 atom stereocenters. The van der Waals surface area contributed by atoms with Crippen LogP contribution in [0.4, 0.5) is 11.6 Å². The highest BCUT2D eigenvalue weighted by Crippen LogP contribution is 2.24. The number of hydrogen-bond acceptors (Lipinski definition) is 8. The van der Waals surface area contributed by atoms with E-state index in [-0.39, 0.29) is 0 Å². The average molecular weight is 373 g/mol. The Kier molecular flexibility index (Phi) is 4.04. The highest BCUT2D eigenvalue weighted by Gasteiger charge is 2.21. The monoisotopic (exact) mass is 373 g/mol. The highest BCUT2D eigenvalue weighted by atomic mass is 15.3. The molecule has 0 radical (unpaired) electrons. The maximum absolute atomic E-state index is 4.50. The normalized spacial score (nSPS) is 14.6. The minimum Gasteiger partial charge on any atom is -0.353 e. The molecule has 1 aliphatic rings. The van der Waals surface area contributed by atoms with Crippen LogP contribution in [0.25, 0.3) is 16.9 Å². The number of hydrogen-bond donors (Lipinski definition) is 0. The van der Waals surface area contributed by atoms with Gasteiger partial charge >= 0.3 is 0 Å². The van der Waals surface area contributed by atoms with E-state index in [1.807, 2.05) is 37.4 Å². The van der Waals surface area contributed by atoms with Crippen LogP contribution in [0.5, 0.6) is 0 Å². The molecular formula is C19H19N9. The predicted molar refractivity (Wildman–Crippen MR) is 106 cm³/mol. The molecule has 4 aromatic rings. The van der Waals surface area contributed by atoms with Crippen LogP contribution in [-0.4, -0.2) is 60.9 Å². The largest absolute Gasteiger partial charge is 0.353 e. The Hall–Kier alpha value is -3.62. The molecule has 9 heteroatoms. The van der Waals surface area contributed by atoms with Crippen LogP contribution in [0.3, 0.4) is 0 Å². The molecule has 0 saturated carbocycles. The number of piperazine rings is 1. The molecular weight excluding hydrogens is 354 g/mol. The van der Waals surface area contributed by atoms with Crippen LogP contribution in [0.15, 0.2) is 49.3 Å². The molecule has 0 spiro atoms. The molecule has 1 saturated heterocycles. The first-order valence-electron chi connectivity index (χ1n) is 9.18. The van der Waals surface area contributed by atoms with Crippen molar-refractivity contribution in [2.75, 3.05) is 36.0 Å². The number of anilines is 2. The van der Waals surface area contributed by atoms with Gasteiger partial charge in [-0.25, -0.2) is 29.6 Å². The number of nitrogens with zero attached hydrogens (tertiary/aromatic N) is 9. The Morgan fingerprint density at radius 3 is 2.43 bits per heavy atom. The number of aromatic nitrogens is 7. The number of pyridine rings is 1. The van der Waals surface area contributed by atoms with Gasteiger partial charge in [0.2, 0.25) is 0 Å². The Balaban J connectivity index is 1.35. The van der Waals surface area contributed by atoms with E-state index >= 15 is 0 Å². The highest BCUT2D eigenvalue weighted by molar-refractivity contribution is 5.86. The average Bonchev–Trinajstić information content (AvgIpc) is 3.20. The van der Waals surface area contributed by atoms with E-state index in [1.54, 1.807) is 23.5 Å². The first-order chi connectivity index (χ1) is 13.8. The second kappa shape index (κ2) is 6.84. The summed E-state index contributed by atoms with van der Waals surface area (Å²) < 4.78 is 1.77. The summed E-state index contributed by atoms with van der Waals surface area (Å²) >= 11 is 0. The Bertz CT molecular complexity index is 1110. The standard InChI is InChI=1S/C19H19N9/c1-14-4-6-28(25-14)17-11-16(21-12-22-17)26-7-9-27(10-8-26)19-15-3-2-5-20-18(15)23-13-24-19/h2-6,11-13H,7-10H2,1H3. The molecule has 4 aromatic heterocycles. The minimum atomic E-state index is 0.727. The summed E-state index contributed by atoms with van der Waals surface area (Å²) in [5, 5.41) is 5.41. The molecule has 0 aliphatic carbocycles. The van der Waals surface area contributed by atoms with Gasteiger partial charge in [-0.05, 0) is 25.1 Å². The fourth-order valence-electron chi connectivity index (χ4n) is 3.46. The quantitative estimate of drug-likeness (QED) is 0.535. The lowest BCUT2D eigenvalue weighted by Gasteiger charge is -2.36. The fraction of sp³-hybridized carbons (Fsp3) is 0.263. The van der Waals surface area contributed by atoms with Gasteiger partial charge in [0.05, 0.1) is 11.1 Å². The topological polar surface area (TPSA) is 88.8 Å². The van der Waals surface area contributed by atoms with Crippen molar-refractivity contribution in [1.82, 2.24) is 34.7 Å². The summed E-state index contributed by atoms with van der Waals surface area (Å²) in [5.41, 5.74) is 1.69. The minimum absolute atomic E-state index is 0.727. The first-order valence-corrected chi connectivity index (χ1v) is 9.18. The van der Waals surface area contributed by atoms with Gasteiger partial charge < -0.3 is 9.80 Å². The second-order valence-corrected chi connectivity index (χ2v) is 6.68. The Morgan fingerprint density at radius 1 is 0.821 bits per heavy atom. The predicted octanol–water partition coefficient (Wildman–Crippen LogP) is 1.64. The zero-order valence-electron chi connectivity index (χ0n) is 15.5. The van der Waals surface area contributed by atoms with Gasteiger partial charge in [0.15, 0.2) is 11.5 Å². The van der Waals surface area contributed by atoms with Gasteiger partial charge in [-0.1, -0.05) is 0 Å². The second-order valence-electron chi connectivity index (χ2n) is 6.68. The summed E-state index contributed by atoms with van der Waals surface area (Å²) in [4.78, 5) is 26.4. The van der Waals surface area contributed by atoms with Crippen molar-refractivity contribution in [2.24, 2.45) is 0 Å². The summed E-state index contributed by atoms with van der Waals surface area (Å²) in [7, 11) is 0. The van der Waals surface area contributed by atoms with Gasteiger partial charge in [-0.2, -0.15) is 5.10 Å². The molecule has 9 nitrogen and oxygen atoms in total. The third-order valence-electron chi connectivity index (χ3n) is 4.89. The van der Waals surface area contributed by atoms with Crippen molar-refractivity contribution in [1.29, 1.82) is 0 Å². The molecule has 0 amide bonds. The Morgan fingerprint density at radius 2 is 1.61 bits per heavy atom. The van der Waals surface area contributed by atoms with Crippen molar-refractivity contribution < 1.29 is 0 Å². The molecule has 1 fully saturated rings. The van der Waals surface area contributed by atoms with Crippen LogP contribution in [0.2, 0.25) is 0 Å². The maximum atomic E-state index is 4.50. The summed E-state index contributed by atoms with van der Waals surface area (Å²) in [6.07, 6.45) is 6.84. The summed E-state index contributed by atoms with van der Waals surface area (Å²) in [6.45, 7) is 5.35. The van der Waals surface area contributed by atoms with Gasteiger partial charge in [0.1, 0.15) is 24.3 Å². The summed E-state index contributed by atoms with van der Waals surface area (Å²) in [6, 6.07) is 7.88. The molecule has 0 unspecified atom stereocenters. The number of fused-ring (bicyclic) bond motifs is 1. The van der Waals surface area contributed by atoms with Gasteiger partial charge in [0, 0.05) is 44.6 Å². The van der Waals surface area contributed by atoms with Crippen molar-refractivity contribution in [2.45, 2.75) is 6.92 Å². The molecule has 28 heavy (non-hydrogen) atoms. The van der Waals surface area contributed by atoms with Gasteiger partial charge in [-0.3, -0.25) is 0 Å². The van der Waals surface area contributed by atoms with E-state index in [4.69, 9.17) is 0 Å². The summed E-state index contributed by atoms with van der Waals surface area (Å²) in [5.74, 6) is 2.62. The van der Waals surface area contributed by atoms with Crippen molar-refractivity contribution in [3.05, 3.63) is 55.0 Å². The smallest absolute Gasteiger partial charge is 0.164 e. The van der Waals surface area contributed by atoms with Crippen LogP contribution in [-0.2, 0) is 0 Å². The Labute approximate surface area is 161 Å². The zero-order chi connectivity index (χ0) is 18.9. The lowest BCUT2D eigenvalue weighted by molar-refractivity contribution is 0.641. The molecule has 140 valence electrons. The van der Waals surface area contributed by atoms with E-state index in [2.05, 4.69) is 39.8 Å². The molecule has 1 aliphatic heterocycles. The van der Waals surface area contributed by atoms with Crippen LogP contribution >= 0.6 is 0 Å². The van der Waals surface area contributed by atoms with E-state index in [9.17, 15) is 0 Å². The molecule has 5 rings (SSSR count). The van der Waals surface area contributed by atoms with Crippen LogP contribution in [0, 0.1) is 6.92 Å². The van der Waals surface area contributed by atoms with Crippen molar-refractivity contribution >= 4 is 22.7 Å². The lowest BCUT2D eigenvalue weighted by Crippen LogP contribution is -2.47. The fourth-order valence-corrected chi connectivity index (χ4v) is 3.46.